The zero-order valence-corrected chi connectivity index (χ0v) is 12.4. The number of aromatic nitrogens is 1. The molecule has 0 atom stereocenters. The van der Waals surface area contributed by atoms with Crippen LogP contribution >= 0.6 is 0 Å². The molecule has 1 N–H and O–H groups in total. The third-order valence-electron chi connectivity index (χ3n) is 2.93. The van der Waals surface area contributed by atoms with Crippen molar-refractivity contribution in [1.29, 1.82) is 0 Å². The van der Waals surface area contributed by atoms with Crippen molar-refractivity contribution in [3.63, 3.8) is 0 Å². The number of pyridine rings is 1. The highest BCUT2D eigenvalue weighted by Crippen LogP contribution is 2.30. The van der Waals surface area contributed by atoms with Crippen LogP contribution in [-0.4, -0.2) is 17.6 Å². The third kappa shape index (κ3) is 3.81. The smallest absolute Gasteiger partial charge is 0.127 e. The average molecular weight is 270 g/mol. The van der Waals surface area contributed by atoms with Crippen molar-refractivity contribution in [2.75, 3.05) is 6.54 Å². The SMILES string of the molecule is CCNCc1cncc(-c2ccccc2OC(C)C)c1. The number of nitrogens with zero attached hydrogens (tertiary/aromatic N) is 1. The summed E-state index contributed by atoms with van der Waals surface area (Å²) in [5.41, 5.74) is 3.37. The summed E-state index contributed by atoms with van der Waals surface area (Å²) in [5, 5.41) is 3.32. The molecule has 2 rings (SSSR count). The fourth-order valence-corrected chi connectivity index (χ4v) is 2.06. The minimum atomic E-state index is 0.161. The Morgan fingerprint density at radius 3 is 2.75 bits per heavy atom. The topological polar surface area (TPSA) is 34.2 Å². The second kappa shape index (κ2) is 7.06. The van der Waals surface area contributed by atoms with Crippen LogP contribution in [0.15, 0.2) is 42.7 Å². The molecule has 1 heterocycles. The van der Waals surface area contributed by atoms with E-state index in [1.54, 1.807) is 0 Å². The van der Waals surface area contributed by atoms with E-state index in [1.807, 2.05) is 44.4 Å². The molecule has 0 spiro atoms. The second-order valence-corrected chi connectivity index (χ2v) is 5.02. The lowest BCUT2D eigenvalue weighted by molar-refractivity contribution is 0.243. The largest absolute Gasteiger partial charge is 0.490 e. The normalized spacial score (nSPS) is 10.8. The minimum Gasteiger partial charge on any atom is -0.490 e. The zero-order valence-electron chi connectivity index (χ0n) is 12.4. The third-order valence-corrected chi connectivity index (χ3v) is 2.93. The Morgan fingerprint density at radius 1 is 1.20 bits per heavy atom. The molecule has 1 aromatic heterocycles. The Bertz CT molecular complexity index is 552. The lowest BCUT2D eigenvalue weighted by Gasteiger charge is -2.14. The number of hydrogen-bond acceptors (Lipinski definition) is 3. The summed E-state index contributed by atoms with van der Waals surface area (Å²) < 4.78 is 5.88. The predicted molar refractivity (Wildman–Crippen MR) is 82.8 cm³/mol. The van der Waals surface area contributed by atoms with E-state index in [2.05, 4.69) is 29.4 Å². The molecule has 0 radical (unpaired) electrons. The first-order valence-corrected chi connectivity index (χ1v) is 7.11. The fraction of sp³-hybridized carbons (Fsp3) is 0.353. The summed E-state index contributed by atoms with van der Waals surface area (Å²) in [6.45, 7) is 7.97. The molecule has 20 heavy (non-hydrogen) atoms. The molecule has 0 aliphatic heterocycles. The Morgan fingerprint density at radius 2 is 2.00 bits per heavy atom. The zero-order chi connectivity index (χ0) is 14.4. The lowest BCUT2D eigenvalue weighted by Crippen LogP contribution is -2.12. The maximum atomic E-state index is 5.88. The standard InChI is InChI=1S/C17H22N2O/c1-4-18-10-14-9-15(12-19-11-14)16-7-5-6-8-17(16)20-13(2)3/h5-9,11-13,18H,4,10H2,1-3H3. The number of ether oxygens (including phenoxy) is 1. The first kappa shape index (κ1) is 14.5. The van der Waals surface area contributed by atoms with E-state index in [0.717, 1.165) is 30.0 Å². The van der Waals surface area contributed by atoms with Gasteiger partial charge in [-0.25, -0.2) is 0 Å². The van der Waals surface area contributed by atoms with Crippen LogP contribution in [-0.2, 0) is 6.54 Å². The molecular formula is C17H22N2O. The molecule has 0 bridgehead atoms. The number of nitrogens with one attached hydrogen (secondary N) is 1. The van der Waals surface area contributed by atoms with Crippen LogP contribution in [0.4, 0.5) is 0 Å². The van der Waals surface area contributed by atoms with Gasteiger partial charge in [0.15, 0.2) is 0 Å². The van der Waals surface area contributed by atoms with Crippen LogP contribution in [0, 0.1) is 0 Å². The van der Waals surface area contributed by atoms with Crippen LogP contribution in [0.5, 0.6) is 5.75 Å². The number of para-hydroxylation sites is 1. The number of benzene rings is 1. The molecule has 0 fully saturated rings. The predicted octanol–water partition coefficient (Wildman–Crippen LogP) is 3.65. The first-order chi connectivity index (χ1) is 9.70. The first-order valence-electron chi connectivity index (χ1n) is 7.11. The van der Waals surface area contributed by atoms with Gasteiger partial charge < -0.3 is 10.1 Å². The van der Waals surface area contributed by atoms with E-state index < -0.39 is 0 Å². The van der Waals surface area contributed by atoms with E-state index >= 15 is 0 Å². The van der Waals surface area contributed by atoms with Crippen molar-refractivity contribution in [3.8, 4) is 16.9 Å². The highest BCUT2D eigenvalue weighted by molar-refractivity contribution is 5.70. The van der Waals surface area contributed by atoms with Crippen LogP contribution in [0.1, 0.15) is 26.3 Å². The van der Waals surface area contributed by atoms with Crippen LogP contribution in [0.25, 0.3) is 11.1 Å². The molecule has 0 amide bonds. The second-order valence-electron chi connectivity index (χ2n) is 5.02. The van der Waals surface area contributed by atoms with Crippen molar-refractivity contribution >= 4 is 0 Å². The molecule has 0 saturated heterocycles. The molecule has 3 heteroatoms. The van der Waals surface area contributed by atoms with Gasteiger partial charge in [-0.15, -0.1) is 0 Å². The van der Waals surface area contributed by atoms with Crippen LogP contribution in [0.2, 0.25) is 0 Å². The maximum Gasteiger partial charge on any atom is 0.127 e. The summed E-state index contributed by atoms with van der Waals surface area (Å²) in [4.78, 5) is 4.34. The quantitative estimate of drug-likeness (QED) is 0.870. The lowest BCUT2D eigenvalue weighted by atomic mass is 10.0. The number of rotatable bonds is 6. The van der Waals surface area contributed by atoms with Gasteiger partial charge in [0.2, 0.25) is 0 Å². The van der Waals surface area contributed by atoms with E-state index in [4.69, 9.17) is 4.74 Å². The van der Waals surface area contributed by atoms with Gasteiger partial charge in [-0.1, -0.05) is 25.1 Å². The van der Waals surface area contributed by atoms with Crippen molar-refractivity contribution in [2.45, 2.75) is 33.4 Å². The van der Waals surface area contributed by atoms with Gasteiger partial charge in [0, 0.05) is 30.1 Å². The van der Waals surface area contributed by atoms with E-state index in [-0.39, 0.29) is 6.10 Å². The van der Waals surface area contributed by atoms with E-state index in [9.17, 15) is 0 Å². The molecule has 2 aromatic rings. The molecule has 1 aromatic carbocycles. The highest BCUT2D eigenvalue weighted by Gasteiger charge is 2.08. The highest BCUT2D eigenvalue weighted by atomic mass is 16.5. The monoisotopic (exact) mass is 270 g/mol. The van der Waals surface area contributed by atoms with Crippen molar-refractivity contribution in [3.05, 3.63) is 48.3 Å². The van der Waals surface area contributed by atoms with Crippen LogP contribution in [0.3, 0.4) is 0 Å². The fourth-order valence-electron chi connectivity index (χ4n) is 2.06. The van der Waals surface area contributed by atoms with E-state index in [0.29, 0.717) is 0 Å². The van der Waals surface area contributed by atoms with Gasteiger partial charge in [-0.05, 0) is 38.1 Å². The van der Waals surface area contributed by atoms with Gasteiger partial charge in [0.1, 0.15) is 5.75 Å². The van der Waals surface area contributed by atoms with E-state index in [1.165, 1.54) is 5.56 Å². The number of hydrogen-bond donors (Lipinski definition) is 1. The Balaban J connectivity index is 2.31. The summed E-state index contributed by atoms with van der Waals surface area (Å²) in [5.74, 6) is 0.907. The maximum absolute atomic E-state index is 5.88. The molecule has 3 nitrogen and oxygen atoms in total. The molecule has 106 valence electrons. The summed E-state index contributed by atoms with van der Waals surface area (Å²) in [6.07, 6.45) is 3.95. The van der Waals surface area contributed by atoms with Crippen LogP contribution < -0.4 is 10.1 Å². The van der Waals surface area contributed by atoms with Gasteiger partial charge in [0.05, 0.1) is 6.10 Å². The molecule has 0 unspecified atom stereocenters. The van der Waals surface area contributed by atoms with Crippen molar-refractivity contribution in [1.82, 2.24) is 10.3 Å². The summed E-state index contributed by atoms with van der Waals surface area (Å²) in [6, 6.07) is 10.3. The molecule has 0 aliphatic carbocycles. The Kier molecular flexibility index (Phi) is 5.13. The molecule has 0 saturated carbocycles. The van der Waals surface area contributed by atoms with Gasteiger partial charge in [0.25, 0.3) is 0 Å². The minimum absolute atomic E-state index is 0.161. The van der Waals surface area contributed by atoms with Crippen molar-refractivity contribution in [2.24, 2.45) is 0 Å². The Hall–Kier alpha value is -1.87. The van der Waals surface area contributed by atoms with Crippen molar-refractivity contribution < 1.29 is 4.74 Å². The van der Waals surface area contributed by atoms with Gasteiger partial charge >= 0.3 is 0 Å². The van der Waals surface area contributed by atoms with Gasteiger partial charge in [-0.2, -0.15) is 0 Å². The summed E-state index contributed by atoms with van der Waals surface area (Å²) >= 11 is 0. The van der Waals surface area contributed by atoms with Gasteiger partial charge in [-0.3, -0.25) is 4.98 Å². The Labute approximate surface area is 121 Å². The summed E-state index contributed by atoms with van der Waals surface area (Å²) in [7, 11) is 0. The average Bonchev–Trinajstić information content (AvgIpc) is 2.45. The molecule has 0 aliphatic rings. The molecular weight excluding hydrogens is 248 g/mol.